The van der Waals surface area contributed by atoms with Gasteiger partial charge in [-0.3, -0.25) is 9.35 Å². The van der Waals surface area contributed by atoms with Gasteiger partial charge in [-0.1, -0.05) is 38.7 Å². The molecule has 1 atom stereocenters. The second-order valence-corrected chi connectivity index (χ2v) is 9.34. The fourth-order valence-electron chi connectivity index (χ4n) is 3.43. The largest absolute Gasteiger partial charge is 0.463 e. The lowest BCUT2D eigenvalue weighted by molar-refractivity contribution is -0.346. The average molecular weight is 530 g/mol. The van der Waals surface area contributed by atoms with Crippen LogP contribution in [0.15, 0.2) is 12.7 Å². The van der Waals surface area contributed by atoms with Gasteiger partial charge < -0.3 is 9.47 Å². The fourth-order valence-corrected chi connectivity index (χ4v) is 3.91. The van der Waals surface area contributed by atoms with Gasteiger partial charge in [0.25, 0.3) is 0 Å². The van der Waals surface area contributed by atoms with Crippen molar-refractivity contribution in [2.45, 2.75) is 80.9 Å². The Bertz CT molecular complexity index is 836. The number of unbranched alkanes of at least 4 members (excludes halogenated alkanes) is 1. The fraction of sp³-hybridized carbons (Fsp3) is 0.789. The molecule has 1 unspecified atom stereocenters. The van der Waals surface area contributed by atoms with Crippen LogP contribution in [0.4, 0.5) is 30.7 Å². The highest BCUT2D eigenvalue weighted by Gasteiger charge is 2.66. The topological polar surface area (TPSA) is 107 Å². The van der Waals surface area contributed by atoms with Crippen LogP contribution in [-0.2, 0) is 29.2 Å². The number of Topliss-reactive ketones (excluding diaryl/α,β-unsaturated/α-hetero) is 1. The molecule has 1 rings (SSSR count). The number of ketones is 1. The lowest BCUT2D eigenvalue weighted by Crippen LogP contribution is -2.57. The molecule has 0 aromatic carbocycles. The van der Waals surface area contributed by atoms with Crippen molar-refractivity contribution < 1.29 is 62.8 Å². The summed E-state index contributed by atoms with van der Waals surface area (Å²) in [7, 11) is -6.46. The van der Waals surface area contributed by atoms with Crippen LogP contribution in [-0.4, -0.2) is 54.5 Å². The highest BCUT2D eigenvalue weighted by molar-refractivity contribution is 7.87. The maximum absolute atomic E-state index is 13.9. The summed E-state index contributed by atoms with van der Waals surface area (Å²) < 4.78 is 133. The summed E-state index contributed by atoms with van der Waals surface area (Å²) in [6, 6.07) is 0. The van der Waals surface area contributed by atoms with Gasteiger partial charge in [-0.2, -0.15) is 39.2 Å². The maximum Gasteiger partial charge on any atom is 0.463 e. The predicted molar refractivity (Wildman–Crippen MR) is 103 cm³/mol. The molecule has 15 heteroatoms. The number of alkyl halides is 7. The third-order valence-electron chi connectivity index (χ3n) is 5.29. The number of esters is 1. The molecule has 0 aromatic heterocycles. The summed E-state index contributed by atoms with van der Waals surface area (Å²) in [6.45, 7) is 1.82. The predicted octanol–water partition coefficient (Wildman–Crippen LogP) is 4.82. The van der Waals surface area contributed by atoms with Gasteiger partial charge in [-0.15, -0.1) is 0 Å². The van der Waals surface area contributed by atoms with E-state index in [-0.39, 0.29) is 0 Å². The molecule has 0 heterocycles. The van der Waals surface area contributed by atoms with Crippen LogP contribution < -0.4 is 0 Å². The molecule has 34 heavy (non-hydrogen) atoms. The number of hydrogen-bond acceptors (Lipinski definition) is 6. The summed E-state index contributed by atoms with van der Waals surface area (Å²) in [5, 5.41) is -5.83. The zero-order valence-electron chi connectivity index (χ0n) is 17.9. The first-order valence-corrected chi connectivity index (χ1v) is 11.7. The Morgan fingerprint density at radius 3 is 2.03 bits per heavy atom. The Morgan fingerprint density at radius 1 is 1.00 bits per heavy atom. The molecule has 0 aromatic rings. The molecule has 0 amide bonds. The van der Waals surface area contributed by atoms with Gasteiger partial charge >= 0.3 is 39.2 Å². The Hall–Kier alpha value is -1.74. The summed E-state index contributed by atoms with van der Waals surface area (Å²) in [6.07, 6.45) is -6.31. The zero-order chi connectivity index (χ0) is 26.4. The SMILES string of the molecule is C=CC(=O)OC(OCCCCC(F)(F)C(F)(F)S(=O)(=O)O)(C(=O)CC1CCCCC1)C(F)(F)F. The molecule has 1 aliphatic carbocycles. The molecule has 1 fully saturated rings. The van der Waals surface area contributed by atoms with Crippen LogP contribution in [0, 0.1) is 5.92 Å². The van der Waals surface area contributed by atoms with Crippen molar-refractivity contribution in [1.29, 1.82) is 0 Å². The lowest BCUT2D eigenvalue weighted by atomic mass is 9.84. The summed E-state index contributed by atoms with van der Waals surface area (Å²) in [4.78, 5) is 24.2. The van der Waals surface area contributed by atoms with Crippen LogP contribution in [0.25, 0.3) is 0 Å². The van der Waals surface area contributed by atoms with Crippen molar-refractivity contribution in [3.05, 3.63) is 12.7 Å². The van der Waals surface area contributed by atoms with E-state index in [1.807, 2.05) is 0 Å². The third kappa shape index (κ3) is 7.13. The van der Waals surface area contributed by atoms with E-state index < -0.39 is 83.2 Å². The molecule has 198 valence electrons. The van der Waals surface area contributed by atoms with Gasteiger partial charge in [0.2, 0.25) is 5.78 Å². The first-order chi connectivity index (χ1) is 15.4. The minimum Gasteiger partial charge on any atom is -0.413 e. The average Bonchev–Trinajstić information content (AvgIpc) is 2.71. The van der Waals surface area contributed by atoms with E-state index in [0.717, 1.165) is 6.42 Å². The Balaban J connectivity index is 2.96. The molecular weight excluding hydrogens is 505 g/mol. The molecule has 0 spiro atoms. The molecule has 0 aliphatic heterocycles. The molecule has 1 saturated carbocycles. The van der Waals surface area contributed by atoms with Gasteiger partial charge in [0.15, 0.2) is 0 Å². The van der Waals surface area contributed by atoms with Gasteiger partial charge in [-0.05, 0) is 18.8 Å². The molecular formula is C19H25F7O7S. The van der Waals surface area contributed by atoms with Crippen LogP contribution >= 0.6 is 0 Å². The molecule has 7 nitrogen and oxygen atoms in total. The molecule has 1 aliphatic rings. The van der Waals surface area contributed by atoms with Gasteiger partial charge in [-0.25, -0.2) is 4.79 Å². The number of hydrogen-bond donors (Lipinski definition) is 1. The van der Waals surface area contributed by atoms with E-state index >= 15 is 0 Å². The smallest absolute Gasteiger partial charge is 0.413 e. The normalized spacial score (nSPS) is 18.2. The summed E-state index contributed by atoms with van der Waals surface area (Å²) in [5.74, 6) is -13.0. The number of ether oxygens (including phenoxy) is 2. The van der Waals surface area contributed by atoms with Crippen molar-refractivity contribution in [2.75, 3.05) is 6.61 Å². The molecule has 0 bridgehead atoms. The number of rotatable bonds is 13. The minimum absolute atomic E-state index is 0.357. The van der Waals surface area contributed by atoms with Crippen molar-refractivity contribution in [1.82, 2.24) is 0 Å². The number of halogens is 7. The van der Waals surface area contributed by atoms with Crippen molar-refractivity contribution in [3.8, 4) is 0 Å². The van der Waals surface area contributed by atoms with Gasteiger partial charge in [0.1, 0.15) is 0 Å². The van der Waals surface area contributed by atoms with Crippen LogP contribution in [0.1, 0.15) is 57.8 Å². The van der Waals surface area contributed by atoms with E-state index in [9.17, 15) is 48.7 Å². The first-order valence-electron chi connectivity index (χ1n) is 10.2. The highest BCUT2D eigenvalue weighted by atomic mass is 32.2. The number of carbonyl (C=O) groups excluding carboxylic acids is 2. The van der Waals surface area contributed by atoms with Crippen LogP contribution in [0.3, 0.4) is 0 Å². The summed E-state index contributed by atoms with van der Waals surface area (Å²) in [5.41, 5.74) is 0. The van der Waals surface area contributed by atoms with E-state index in [4.69, 9.17) is 4.55 Å². The summed E-state index contributed by atoms with van der Waals surface area (Å²) >= 11 is 0. The monoisotopic (exact) mass is 530 g/mol. The van der Waals surface area contributed by atoms with E-state index in [1.54, 1.807) is 0 Å². The Kier molecular flexibility index (Phi) is 10.1. The quantitative estimate of drug-likeness (QED) is 0.0909. The van der Waals surface area contributed by atoms with Crippen molar-refractivity contribution >= 4 is 21.9 Å². The zero-order valence-corrected chi connectivity index (χ0v) is 18.7. The first kappa shape index (κ1) is 30.3. The number of carbonyl (C=O) groups is 2. The van der Waals surface area contributed by atoms with E-state index in [0.29, 0.717) is 31.8 Å². The minimum atomic E-state index is -6.46. The Morgan fingerprint density at radius 2 is 1.56 bits per heavy atom. The van der Waals surface area contributed by atoms with Crippen LogP contribution in [0.5, 0.6) is 0 Å². The molecule has 0 radical (unpaired) electrons. The van der Waals surface area contributed by atoms with Gasteiger partial charge in [0.05, 0.1) is 6.61 Å². The van der Waals surface area contributed by atoms with Gasteiger partial charge in [0, 0.05) is 18.9 Å². The standard InChI is InChI=1S/C19H25F7O7S/c1-2-15(28)33-17(18(22,23)24,14(27)12-13-8-4-3-5-9-13)32-11-7-6-10-16(20,21)19(25,26)34(29,30)31/h2,13H,1,3-12H2,(H,29,30,31). The highest BCUT2D eigenvalue weighted by Crippen LogP contribution is 2.42. The van der Waals surface area contributed by atoms with E-state index in [2.05, 4.69) is 16.1 Å². The second kappa shape index (κ2) is 11.3. The molecule has 1 N–H and O–H groups in total. The van der Waals surface area contributed by atoms with Crippen LogP contribution in [0.2, 0.25) is 0 Å². The van der Waals surface area contributed by atoms with E-state index in [1.165, 1.54) is 0 Å². The molecule has 0 saturated heterocycles. The lowest BCUT2D eigenvalue weighted by Gasteiger charge is -2.34. The second-order valence-electron chi connectivity index (χ2n) is 7.87. The third-order valence-corrected chi connectivity index (χ3v) is 6.24. The Labute approximate surface area is 191 Å². The maximum atomic E-state index is 13.9. The van der Waals surface area contributed by atoms with Crippen molar-refractivity contribution in [3.63, 3.8) is 0 Å². The van der Waals surface area contributed by atoms with Crippen molar-refractivity contribution in [2.24, 2.45) is 5.92 Å².